The molecule has 0 N–H and O–H groups in total. The standard InChI is InChI=1S/C29H33N3O3S2/c1-7-31(8-2)22-13-9-20(10-14-22)17-24-27(33)32-26(21-11-15-23(36-6)16-12-21)25(28(34)35-18(3)4)19(5)30-29(32)37-24/h9-18,26H,7-8H2,1-6H3. The van der Waals surface area contributed by atoms with Crippen molar-refractivity contribution in [2.75, 3.05) is 24.2 Å². The molecule has 37 heavy (non-hydrogen) atoms. The molecule has 1 aromatic heterocycles. The highest BCUT2D eigenvalue weighted by Gasteiger charge is 2.33. The Morgan fingerprint density at radius 3 is 2.35 bits per heavy atom. The molecule has 0 saturated carbocycles. The van der Waals surface area contributed by atoms with Crippen LogP contribution in [0.2, 0.25) is 0 Å². The van der Waals surface area contributed by atoms with Crippen molar-refractivity contribution in [3.8, 4) is 0 Å². The van der Waals surface area contributed by atoms with Crippen molar-refractivity contribution in [3.63, 3.8) is 0 Å². The summed E-state index contributed by atoms with van der Waals surface area (Å²) < 4.78 is 7.79. The summed E-state index contributed by atoms with van der Waals surface area (Å²) in [6.07, 6.45) is 3.63. The molecule has 0 saturated heterocycles. The molecule has 3 aromatic rings. The molecular weight excluding hydrogens is 502 g/mol. The Balaban J connectivity index is 1.84. The van der Waals surface area contributed by atoms with Crippen molar-refractivity contribution in [2.45, 2.75) is 51.7 Å². The number of thioether (sulfide) groups is 1. The Kier molecular flexibility index (Phi) is 8.39. The Morgan fingerprint density at radius 2 is 1.78 bits per heavy atom. The maximum Gasteiger partial charge on any atom is 0.338 e. The van der Waals surface area contributed by atoms with Crippen LogP contribution in [0.15, 0.2) is 74.5 Å². The van der Waals surface area contributed by atoms with Gasteiger partial charge in [-0.1, -0.05) is 35.6 Å². The first-order valence-electron chi connectivity index (χ1n) is 12.5. The average Bonchev–Trinajstić information content (AvgIpc) is 3.18. The van der Waals surface area contributed by atoms with Gasteiger partial charge in [0.2, 0.25) is 0 Å². The number of hydrogen-bond acceptors (Lipinski definition) is 7. The maximum absolute atomic E-state index is 13.8. The molecule has 0 fully saturated rings. The molecule has 0 spiro atoms. The van der Waals surface area contributed by atoms with Crippen LogP contribution in [0, 0.1) is 0 Å². The molecule has 0 radical (unpaired) electrons. The highest BCUT2D eigenvalue weighted by molar-refractivity contribution is 7.98. The predicted molar refractivity (Wildman–Crippen MR) is 153 cm³/mol. The summed E-state index contributed by atoms with van der Waals surface area (Å²) in [5.41, 5.74) is 3.74. The Hall–Kier alpha value is -3.10. The van der Waals surface area contributed by atoms with Gasteiger partial charge >= 0.3 is 5.97 Å². The molecule has 194 valence electrons. The summed E-state index contributed by atoms with van der Waals surface area (Å²) in [4.78, 5) is 35.6. The van der Waals surface area contributed by atoms with E-state index in [1.807, 2.05) is 69.5 Å². The molecule has 8 heteroatoms. The van der Waals surface area contributed by atoms with Crippen LogP contribution in [-0.2, 0) is 9.53 Å². The number of benzene rings is 2. The van der Waals surface area contributed by atoms with E-state index in [0.29, 0.717) is 20.6 Å². The van der Waals surface area contributed by atoms with Crippen LogP contribution in [0.1, 0.15) is 51.8 Å². The minimum Gasteiger partial charge on any atom is -0.459 e. The quantitative estimate of drug-likeness (QED) is 0.308. The summed E-state index contributed by atoms with van der Waals surface area (Å²) in [5.74, 6) is -0.448. The number of fused-ring (bicyclic) bond motifs is 1. The van der Waals surface area contributed by atoms with E-state index in [9.17, 15) is 9.59 Å². The van der Waals surface area contributed by atoms with Gasteiger partial charge in [-0.15, -0.1) is 11.8 Å². The van der Waals surface area contributed by atoms with E-state index < -0.39 is 12.0 Å². The van der Waals surface area contributed by atoms with Crippen LogP contribution < -0.4 is 19.8 Å². The molecule has 0 bridgehead atoms. The van der Waals surface area contributed by atoms with Gasteiger partial charge in [0.25, 0.3) is 5.56 Å². The van der Waals surface area contributed by atoms with Gasteiger partial charge < -0.3 is 9.64 Å². The normalized spacial score (nSPS) is 15.5. The summed E-state index contributed by atoms with van der Waals surface area (Å²) >= 11 is 2.98. The average molecular weight is 536 g/mol. The van der Waals surface area contributed by atoms with Gasteiger partial charge in [-0.2, -0.15) is 0 Å². The number of nitrogens with zero attached hydrogens (tertiary/aromatic N) is 3. The van der Waals surface area contributed by atoms with E-state index in [0.717, 1.165) is 34.8 Å². The third-order valence-electron chi connectivity index (χ3n) is 6.34. The molecular formula is C29H33N3O3S2. The summed E-state index contributed by atoms with van der Waals surface area (Å²) in [6, 6.07) is 15.6. The summed E-state index contributed by atoms with van der Waals surface area (Å²) in [6.45, 7) is 11.6. The van der Waals surface area contributed by atoms with E-state index in [1.165, 1.54) is 11.3 Å². The fraction of sp³-hybridized carbons (Fsp3) is 0.345. The first-order chi connectivity index (χ1) is 17.8. The summed E-state index contributed by atoms with van der Waals surface area (Å²) in [7, 11) is 0. The number of anilines is 1. The van der Waals surface area contributed by atoms with Crippen molar-refractivity contribution in [2.24, 2.45) is 4.99 Å². The fourth-order valence-electron chi connectivity index (χ4n) is 4.48. The molecule has 2 heterocycles. The Morgan fingerprint density at radius 1 is 1.14 bits per heavy atom. The highest BCUT2D eigenvalue weighted by atomic mass is 32.2. The molecule has 1 unspecified atom stereocenters. The van der Waals surface area contributed by atoms with Crippen molar-refractivity contribution in [1.29, 1.82) is 0 Å². The van der Waals surface area contributed by atoms with Gasteiger partial charge in [0.05, 0.1) is 27.9 Å². The van der Waals surface area contributed by atoms with Gasteiger partial charge in [0.15, 0.2) is 4.80 Å². The lowest BCUT2D eigenvalue weighted by molar-refractivity contribution is -0.143. The lowest BCUT2D eigenvalue weighted by atomic mass is 9.96. The monoisotopic (exact) mass is 535 g/mol. The zero-order chi connectivity index (χ0) is 26.7. The largest absolute Gasteiger partial charge is 0.459 e. The molecule has 1 aliphatic rings. The van der Waals surface area contributed by atoms with Crippen LogP contribution in [0.25, 0.3) is 6.08 Å². The van der Waals surface area contributed by atoms with Gasteiger partial charge in [-0.05, 0) is 82.3 Å². The maximum atomic E-state index is 13.8. The number of esters is 1. The van der Waals surface area contributed by atoms with Crippen molar-refractivity contribution < 1.29 is 9.53 Å². The third-order valence-corrected chi connectivity index (χ3v) is 8.06. The van der Waals surface area contributed by atoms with Crippen molar-refractivity contribution in [3.05, 3.63) is 90.6 Å². The molecule has 4 rings (SSSR count). The Bertz CT molecular complexity index is 1480. The van der Waals surface area contributed by atoms with Gasteiger partial charge in [-0.25, -0.2) is 9.79 Å². The van der Waals surface area contributed by atoms with Crippen LogP contribution >= 0.6 is 23.1 Å². The second-order valence-electron chi connectivity index (χ2n) is 9.07. The second-order valence-corrected chi connectivity index (χ2v) is 11.0. The number of thiazole rings is 1. The van der Waals surface area contributed by atoms with Crippen LogP contribution in [-0.4, -0.2) is 36.0 Å². The predicted octanol–water partition coefficient (Wildman–Crippen LogP) is 4.75. The van der Waals surface area contributed by atoms with Crippen LogP contribution in [0.5, 0.6) is 0 Å². The minimum absolute atomic E-state index is 0.169. The van der Waals surface area contributed by atoms with Gasteiger partial charge in [0, 0.05) is 23.7 Å². The Labute approximate surface area is 226 Å². The fourth-order valence-corrected chi connectivity index (χ4v) is 5.94. The summed E-state index contributed by atoms with van der Waals surface area (Å²) in [5, 5.41) is 0. The van der Waals surface area contributed by atoms with Crippen LogP contribution in [0.3, 0.4) is 0 Å². The van der Waals surface area contributed by atoms with E-state index in [2.05, 4.69) is 35.9 Å². The zero-order valence-corrected chi connectivity index (χ0v) is 23.8. The number of carbonyl (C=O) groups is 1. The van der Waals surface area contributed by atoms with E-state index in [-0.39, 0.29) is 11.7 Å². The zero-order valence-electron chi connectivity index (χ0n) is 22.1. The van der Waals surface area contributed by atoms with Crippen molar-refractivity contribution >= 4 is 40.8 Å². The first-order valence-corrected chi connectivity index (χ1v) is 14.5. The van der Waals surface area contributed by atoms with Gasteiger partial charge in [0.1, 0.15) is 0 Å². The lowest BCUT2D eigenvalue weighted by Gasteiger charge is -2.25. The van der Waals surface area contributed by atoms with E-state index >= 15 is 0 Å². The van der Waals surface area contributed by atoms with E-state index in [1.54, 1.807) is 16.3 Å². The number of ether oxygens (including phenoxy) is 1. The van der Waals surface area contributed by atoms with E-state index in [4.69, 9.17) is 4.74 Å². The minimum atomic E-state index is -0.606. The SMILES string of the molecule is CCN(CC)c1ccc(C=c2sc3n(c2=O)C(c2ccc(SC)cc2)C(C(=O)OC(C)C)=C(C)N=3)cc1. The smallest absolute Gasteiger partial charge is 0.338 e. The van der Waals surface area contributed by atoms with Crippen LogP contribution in [0.4, 0.5) is 5.69 Å². The molecule has 6 nitrogen and oxygen atoms in total. The second kappa shape index (κ2) is 11.5. The number of aromatic nitrogens is 1. The van der Waals surface area contributed by atoms with Crippen molar-refractivity contribution in [1.82, 2.24) is 4.57 Å². The van der Waals surface area contributed by atoms with Gasteiger partial charge in [-0.3, -0.25) is 9.36 Å². The molecule has 0 aliphatic carbocycles. The number of allylic oxidation sites excluding steroid dienone is 1. The number of rotatable bonds is 8. The third kappa shape index (κ3) is 5.60. The topological polar surface area (TPSA) is 63.9 Å². The highest BCUT2D eigenvalue weighted by Crippen LogP contribution is 2.32. The molecule has 0 amide bonds. The molecule has 2 aromatic carbocycles. The first kappa shape index (κ1) is 26.9. The molecule has 1 aliphatic heterocycles. The lowest BCUT2D eigenvalue weighted by Crippen LogP contribution is -2.40. The molecule has 1 atom stereocenters. The number of hydrogen-bond donors (Lipinski definition) is 0. The number of carbonyl (C=O) groups excluding carboxylic acids is 1.